The fraction of sp³-hybridized carbons (Fsp3) is 0.538. The Bertz CT molecular complexity index is 259. The summed E-state index contributed by atoms with van der Waals surface area (Å²) >= 11 is 0. The zero-order chi connectivity index (χ0) is 10.6. The van der Waals surface area contributed by atoms with E-state index in [0.29, 0.717) is 11.8 Å². The van der Waals surface area contributed by atoms with Gasteiger partial charge in [-0.2, -0.15) is 0 Å². The molecule has 0 bridgehead atoms. The Morgan fingerprint density at radius 2 is 1.57 bits per heavy atom. The van der Waals surface area contributed by atoms with Gasteiger partial charge >= 0.3 is 0 Å². The predicted octanol–water partition coefficient (Wildman–Crippen LogP) is 4.37. The number of benzene rings is 1. The minimum absolute atomic E-state index is 0.148. The SMILES string of the molecule is CCC(CC)C(C)c1ccc(F)cc1. The van der Waals surface area contributed by atoms with Gasteiger partial charge in [0.1, 0.15) is 5.82 Å². The molecule has 0 aliphatic rings. The van der Waals surface area contributed by atoms with Crippen molar-refractivity contribution in [3.05, 3.63) is 35.6 Å². The molecule has 0 nitrogen and oxygen atoms in total. The van der Waals surface area contributed by atoms with Crippen LogP contribution >= 0.6 is 0 Å². The van der Waals surface area contributed by atoms with Crippen LogP contribution in [0.5, 0.6) is 0 Å². The van der Waals surface area contributed by atoms with E-state index in [1.54, 1.807) is 12.1 Å². The molecule has 0 saturated carbocycles. The normalized spacial score (nSPS) is 13.2. The molecular weight excluding hydrogens is 175 g/mol. The quantitative estimate of drug-likeness (QED) is 0.667. The van der Waals surface area contributed by atoms with Gasteiger partial charge in [0.25, 0.3) is 0 Å². The van der Waals surface area contributed by atoms with Crippen LogP contribution in [0.2, 0.25) is 0 Å². The lowest BCUT2D eigenvalue weighted by Gasteiger charge is -2.21. The van der Waals surface area contributed by atoms with E-state index in [-0.39, 0.29) is 5.82 Å². The maximum atomic E-state index is 12.7. The summed E-state index contributed by atoms with van der Waals surface area (Å²) < 4.78 is 12.7. The molecule has 0 fully saturated rings. The highest BCUT2D eigenvalue weighted by Gasteiger charge is 2.14. The number of halogens is 1. The first-order chi connectivity index (χ1) is 6.69. The minimum atomic E-state index is -0.148. The Morgan fingerprint density at radius 3 is 2.00 bits per heavy atom. The Hall–Kier alpha value is -0.850. The second-order valence-electron chi connectivity index (χ2n) is 3.92. The topological polar surface area (TPSA) is 0 Å². The molecule has 0 aliphatic heterocycles. The third-order valence-corrected chi connectivity index (χ3v) is 3.15. The van der Waals surface area contributed by atoms with Gasteiger partial charge in [0, 0.05) is 0 Å². The highest BCUT2D eigenvalue weighted by Crippen LogP contribution is 2.28. The molecule has 0 aromatic heterocycles. The Kier molecular flexibility index (Phi) is 4.12. The standard InChI is InChI=1S/C13H19F/c1-4-11(5-2)10(3)12-6-8-13(14)9-7-12/h6-11H,4-5H2,1-3H3. The van der Waals surface area contributed by atoms with Crippen LogP contribution < -0.4 is 0 Å². The molecule has 1 unspecified atom stereocenters. The van der Waals surface area contributed by atoms with Crippen molar-refractivity contribution in [1.82, 2.24) is 0 Å². The smallest absolute Gasteiger partial charge is 0.123 e. The molecule has 1 atom stereocenters. The fourth-order valence-electron chi connectivity index (χ4n) is 2.03. The molecule has 14 heavy (non-hydrogen) atoms. The molecule has 1 aromatic rings. The Morgan fingerprint density at radius 1 is 1.07 bits per heavy atom. The van der Waals surface area contributed by atoms with Crippen molar-refractivity contribution in [2.75, 3.05) is 0 Å². The molecule has 1 heteroatoms. The van der Waals surface area contributed by atoms with Gasteiger partial charge in [0.15, 0.2) is 0 Å². The molecule has 1 rings (SSSR count). The summed E-state index contributed by atoms with van der Waals surface area (Å²) in [6.45, 7) is 6.66. The van der Waals surface area contributed by atoms with Gasteiger partial charge in [-0.1, -0.05) is 45.7 Å². The first-order valence-electron chi connectivity index (χ1n) is 5.44. The highest BCUT2D eigenvalue weighted by atomic mass is 19.1. The number of hydrogen-bond donors (Lipinski definition) is 0. The van der Waals surface area contributed by atoms with Crippen LogP contribution in [0.1, 0.15) is 45.1 Å². The van der Waals surface area contributed by atoms with Gasteiger partial charge in [-0.05, 0) is 29.5 Å². The zero-order valence-electron chi connectivity index (χ0n) is 9.26. The van der Waals surface area contributed by atoms with E-state index in [2.05, 4.69) is 20.8 Å². The van der Waals surface area contributed by atoms with Crippen LogP contribution in [0.4, 0.5) is 4.39 Å². The average Bonchev–Trinajstić information content (AvgIpc) is 2.20. The monoisotopic (exact) mass is 194 g/mol. The van der Waals surface area contributed by atoms with Gasteiger partial charge in [0.2, 0.25) is 0 Å². The maximum absolute atomic E-state index is 12.7. The van der Waals surface area contributed by atoms with Crippen molar-refractivity contribution in [2.45, 2.75) is 39.5 Å². The van der Waals surface area contributed by atoms with E-state index in [1.807, 2.05) is 12.1 Å². The van der Waals surface area contributed by atoms with Gasteiger partial charge < -0.3 is 0 Å². The Balaban J connectivity index is 2.77. The first kappa shape index (κ1) is 11.2. The molecule has 0 spiro atoms. The average molecular weight is 194 g/mol. The van der Waals surface area contributed by atoms with Crippen LogP contribution in [0, 0.1) is 11.7 Å². The summed E-state index contributed by atoms with van der Waals surface area (Å²) in [4.78, 5) is 0. The van der Waals surface area contributed by atoms with Crippen molar-refractivity contribution in [1.29, 1.82) is 0 Å². The minimum Gasteiger partial charge on any atom is -0.207 e. The van der Waals surface area contributed by atoms with Gasteiger partial charge in [-0.3, -0.25) is 0 Å². The van der Waals surface area contributed by atoms with E-state index in [1.165, 1.54) is 18.4 Å². The molecule has 0 aliphatic carbocycles. The lowest BCUT2D eigenvalue weighted by Crippen LogP contribution is -2.07. The van der Waals surface area contributed by atoms with Crippen molar-refractivity contribution in [2.24, 2.45) is 5.92 Å². The van der Waals surface area contributed by atoms with Crippen LogP contribution in [-0.4, -0.2) is 0 Å². The van der Waals surface area contributed by atoms with E-state index in [0.717, 1.165) is 0 Å². The van der Waals surface area contributed by atoms with Crippen molar-refractivity contribution in [3.8, 4) is 0 Å². The molecular formula is C13H19F. The predicted molar refractivity (Wildman–Crippen MR) is 58.9 cm³/mol. The van der Waals surface area contributed by atoms with E-state index >= 15 is 0 Å². The van der Waals surface area contributed by atoms with E-state index in [9.17, 15) is 4.39 Å². The lowest BCUT2D eigenvalue weighted by atomic mass is 9.84. The third kappa shape index (κ3) is 2.57. The second-order valence-corrected chi connectivity index (χ2v) is 3.92. The summed E-state index contributed by atoms with van der Waals surface area (Å²) in [5.41, 5.74) is 1.25. The van der Waals surface area contributed by atoms with Crippen LogP contribution in [0.25, 0.3) is 0 Å². The zero-order valence-corrected chi connectivity index (χ0v) is 9.26. The van der Waals surface area contributed by atoms with E-state index in [4.69, 9.17) is 0 Å². The molecule has 0 heterocycles. The number of rotatable bonds is 4. The third-order valence-electron chi connectivity index (χ3n) is 3.15. The van der Waals surface area contributed by atoms with E-state index < -0.39 is 0 Å². The molecule has 0 N–H and O–H groups in total. The lowest BCUT2D eigenvalue weighted by molar-refractivity contribution is 0.418. The van der Waals surface area contributed by atoms with Gasteiger partial charge in [-0.15, -0.1) is 0 Å². The van der Waals surface area contributed by atoms with Crippen LogP contribution in [0.15, 0.2) is 24.3 Å². The summed E-state index contributed by atoms with van der Waals surface area (Å²) in [6, 6.07) is 6.90. The van der Waals surface area contributed by atoms with Gasteiger partial charge in [-0.25, -0.2) is 4.39 Å². The second kappa shape index (κ2) is 5.14. The largest absolute Gasteiger partial charge is 0.207 e. The fourth-order valence-corrected chi connectivity index (χ4v) is 2.03. The van der Waals surface area contributed by atoms with Crippen molar-refractivity contribution < 1.29 is 4.39 Å². The van der Waals surface area contributed by atoms with Crippen LogP contribution in [-0.2, 0) is 0 Å². The molecule has 78 valence electrons. The Labute approximate surface area is 86.2 Å². The van der Waals surface area contributed by atoms with Gasteiger partial charge in [0.05, 0.1) is 0 Å². The van der Waals surface area contributed by atoms with Crippen molar-refractivity contribution in [3.63, 3.8) is 0 Å². The van der Waals surface area contributed by atoms with Crippen LogP contribution in [0.3, 0.4) is 0 Å². The maximum Gasteiger partial charge on any atom is 0.123 e. The molecule has 0 amide bonds. The number of hydrogen-bond acceptors (Lipinski definition) is 0. The summed E-state index contributed by atoms with van der Waals surface area (Å²) in [7, 11) is 0. The van der Waals surface area contributed by atoms with Crippen molar-refractivity contribution >= 4 is 0 Å². The summed E-state index contributed by atoms with van der Waals surface area (Å²) in [6.07, 6.45) is 2.38. The molecule has 1 aromatic carbocycles. The molecule has 0 saturated heterocycles. The highest BCUT2D eigenvalue weighted by molar-refractivity contribution is 5.20. The summed E-state index contributed by atoms with van der Waals surface area (Å²) in [5.74, 6) is 1.09. The molecule has 0 radical (unpaired) electrons. The first-order valence-corrected chi connectivity index (χ1v) is 5.44. The summed E-state index contributed by atoms with van der Waals surface area (Å²) in [5, 5.41) is 0.